The number of hydrogen-bond acceptors (Lipinski definition) is 3. The van der Waals surface area contributed by atoms with Gasteiger partial charge in [-0.1, -0.05) is 43.3 Å². The first kappa shape index (κ1) is 13.9. The fourth-order valence-corrected chi connectivity index (χ4v) is 3.34. The van der Waals surface area contributed by atoms with Gasteiger partial charge in [-0.3, -0.25) is 10.2 Å². The topological polar surface area (TPSA) is 50.7 Å². The molecule has 2 bridgehead atoms. The molecule has 4 rings (SSSR count). The molecule has 0 aliphatic heterocycles. The second-order valence-corrected chi connectivity index (χ2v) is 6.35. The van der Waals surface area contributed by atoms with Gasteiger partial charge in [-0.15, -0.1) is 0 Å². The summed E-state index contributed by atoms with van der Waals surface area (Å²) in [6.07, 6.45) is 5.65. The van der Waals surface area contributed by atoms with Crippen molar-refractivity contribution in [1.82, 2.24) is 0 Å². The van der Waals surface area contributed by atoms with Crippen molar-refractivity contribution in [2.24, 2.45) is 22.4 Å². The number of fused-ring (bicyclic) bond motifs is 1. The first-order chi connectivity index (χ1) is 10.1. The van der Waals surface area contributed by atoms with Crippen LogP contribution in [0.4, 0.5) is 10.5 Å². The number of hydrogen-bond donors (Lipinski definition) is 1. The van der Waals surface area contributed by atoms with E-state index in [1.165, 1.54) is 12.0 Å². The summed E-state index contributed by atoms with van der Waals surface area (Å²) in [6, 6.07) is 9.18. The highest BCUT2D eigenvalue weighted by Crippen LogP contribution is 2.58. The van der Waals surface area contributed by atoms with Crippen molar-refractivity contribution in [3.05, 3.63) is 42.0 Å². The number of nitrogens with zero attached hydrogens (tertiary/aromatic N) is 1. The minimum Gasteiger partial charge on any atom is -0.298 e. The van der Waals surface area contributed by atoms with Crippen LogP contribution in [0.5, 0.6) is 0 Å². The Kier molecular flexibility index (Phi) is 3.53. The third-order valence-electron chi connectivity index (χ3n) is 4.87. The predicted molar refractivity (Wildman–Crippen MR) is 83.1 cm³/mol. The molecule has 0 saturated heterocycles. The summed E-state index contributed by atoms with van der Waals surface area (Å²) < 4.78 is 0. The lowest BCUT2D eigenvalue weighted by Crippen LogP contribution is -2.48. The molecule has 1 N–H and O–H groups in total. The zero-order valence-electron chi connectivity index (χ0n) is 12.4. The molecular weight excluding hydrogens is 264 g/mol. The van der Waals surface area contributed by atoms with E-state index in [-0.39, 0.29) is 0 Å². The van der Waals surface area contributed by atoms with Crippen molar-refractivity contribution in [1.29, 1.82) is 0 Å². The van der Waals surface area contributed by atoms with Gasteiger partial charge in [0.2, 0.25) is 0 Å². The molecule has 110 valence electrons. The minimum atomic E-state index is -0.570. The van der Waals surface area contributed by atoms with E-state index < -0.39 is 6.09 Å². The smallest absolute Gasteiger partial charge is 0.298 e. The number of carbonyl (C=O) groups excluding carboxylic acids is 1. The number of benzene rings is 1. The molecule has 1 aromatic carbocycles. The molecule has 0 heterocycles. The van der Waals surface area contributed by atoms with Crippen LogP contribution in [0.1, 0.15) is 26.7 Å². The molecule has 1 amide bonds. The number of para-hydroxylation sites is 1. The van der Waals surface area contributed by atoms with Gasteiger partial charge in [-0.05, 0) is 47.8 Å². The molecule has 0 radical (unpaired) electrons. The highest BCUT2D eigenvalue weighted by atomic mass is 16.7. The van der Waals surface area contributed by atoms with E-state index in [1.54, 1.807) is 18.3 Å². The van der Waals surface area contributed by atoms with Crippen LogP contribution in [0.3, 0.4) is 0 Å². The van der Waals surface area contributed by atoms with Crippen LogP contribution in [0.25, 0.3) is 0 Å². The van der Waals surface area contributed by atoms with Crippen molar-refractivity contribution >= 4 is 18.0 Å². The SMILES string of the molecule is CC1(C)C2CC=C(/C=N/OC(=O)Nc3ccccc3)C1C2. The second-order valence-electron chi connectivity index (χ2n) is 6.35. The lowest BCUT2D eigenvalue weighted by atomic mass is 9.49. The molecule has 1 aromatic rings. The second kappa shape index (κ2) is 5.35. The van der Waals surface area contributed by atoms with Gasteiger partial charge in [0.1, 0.15) is 0 Å². The van der Waals surface area contributed by atoms with Crippen molar-refractivity contribution in [3.63, 3.8) is 0 Å². The fraction of sp³-hybridized carbons (Fsp3) is 0.412. The molecule has 4 nitrogen and oxygen atoms in total. The number of nitrogens with one attached hydrogen (secondary N) is 1. The summed E-state index contributed by atoms with van der Waals surface area (Å²) >= 11 is 0. The molecule has 2 unspecified atom stereocenters. The Labute approximate surface area is 124 Å². The molecule has 3 aliphatic rings. The highest BCUT2D eigenvalue weighted by molar-refractivity contribution is 5.86. The van der Waals surface area contributed by atoms with Crippen molar-refractivity contribution in [2.75, 3.05) is 5.32 Å². The molecule has 0 spiro atoms. The number of allylic oxidation sites excluding steroid dienone is 2. The van der Waals surface area contributed by atoms with Gasteiger partial charge >= 0.3 is 6.09 Å². The van der Waals surface area contributed by atoms with E-state index in [2.05, 4.69) is 30.4 Å². The summed E-state index contributed by atoms with van der Waals surface area (Å²) in [5, 5.41) is 6.45. The summed E-state index contributed by atoms with van der Waals surface area (Å²) in [5.74, 6) is 1.34. The summed E-state index contributed by atoms with van der Waals surface area (Å²) in [7, 11) is 0. The van der Waals surface area contributed by atoms with Gasteiger partial charge < -0.3 is 0 Å². The van der Waals surface area contributed by atoms with Crippen LogP contribution in [0.2, 0.25) is 0 Å². The maximum atomic E-state index is 11.6. The maximum absolute atomic E-state index is 11.6. The van der Waals surface area contributed by atoms with Crippen molar-refractivity contribution in [2.45, 2.75) is 26.7 Å². The lowest BCUT2D eigenvalue weighted by Gasteiger charge is -2.55. The zero-order valence-corrected chi connectivity index (χ0v) is 12.4. The van der Waals surface area contributed by atoms with Gasteiger partial charge in [0.15, 0.2) is 0 Å². The first-order valence-electron chi connectivity index (χ1n) is 7.34. The Hall–Kier alpha value is -2.10. The largest absolute Gasteiger partial charge is 0.437 e. The first-order valence-corrected chi connectivity index (χ1v) is 7.34. The van der Waals surface area contributed by atoms with Crippen molar-refractivity contribution < 1.29 is 9.63 Å². The molecule has 3 aliphatic carbocycles. The maximum Gasteiger partial charge on any atom is 0.437 e. The Morgan fingerprint density at radius 1 is 1.38 bits per heavy atom. The fourth-order valence-electron chi connectivity index (χ4n) is 3.34. The molecule has 1 fully saturated rings. The van der Waals surface area contributed by atoms with Gasteiger partial charge in [0, 0.05) is 5.69 Å². The highest BCUT2D eigenvalue weighted by Gasteiger charge is 2.50. The normalized spacial score (nSPS) is 25.9. The van der Waals surface area contributed by atoms with E-state index in [1.807, 2.05) is 18.2 Å². The minimum absolute atomic E-state index is 0.350. The number of amides is 1. The van der Waals surface area contributed by atoms with Crippen LogP contribution in [0, 0.1) is 17.3 Å². The molecule has 4 heteroatoms. The monoisotopic (exact) mass is 284 g/mol. The Bertz CT molecular complexity index is 590. The van der Waals surface area contributed by atoms with E-state index >= 15 is 0 Å². The zero-order chi connectivity index (χ0) is 14.9. The Morgan fingerprint density at radius 2 is 2.14 bits per heavy atom. The van der Waals surface area contributed by atoms with Crippen LogP contribution in [-0.2, 0) is 4.84 Å². The standard InChI is InChI=1S/C17H20N2O2/c1-17(2)13-9-8-12(15(17)10-13)11-18-21-16(20)19-14-6-4-3-5-7-14/h3-8,11,13,15H,9-10H2,1-2H3,(H,19,20)/b18-11+. The average Bonchev–Trinajstić information content (AvgIpc) is 2.48. The molecule has 2 atom stereocenters. The third-order valence-corrected chi connectivity index (χ3v) is 4.87. The van der Waals surface area contributed by atoms with E-state index in [0.29, 0.717) is 17.0 Å². The number of carbonyl (C=O) groups is 1. The van der Waals surface area contributed by atoms with Gasteiger partial charge in [-0.25, -0.2) is 4.79 Å². The quantitative estimate of drug-likeness (QED) is 0.513. The van der Waals surface area contributed by atoms with Crippen LogP contribution in [0.15, 0.2) is 47.1 Å². The Morgan fingerprint density at radius 3 is 2.81 bits per heavy atom. The van der Waals surface area contributed by atoms with Crippen LogP contribution in [-0.4, -0.2) is 12.3 Å². The van der Waals surface area contributed by atoms with Gasteiger partial charge in [-0.2, -0.15) is 0 Å². The van der Waals surface area contributed by atoms with Gasteiger partial charge in [0.05, 0.1) is 6.21 Å². The number of oxime groups is 1. The van der Waals surface area contributed by atoms with E-state index in [4.69, 9.17) is 4.84 Å². The van der Waals surface area contributed by atoms with E-state index in [9.17, 15) is 4.79 Å². The van der Waals surface area contributed by atoms with Crippen molar-refractivity contribution in [3.8, 4) is 0 Å². The van der Waals surface area contributed by atoms with Crippen LogP contribution < -0.4 is 5.32 Å². The summed E-state index contributed by atoms with van der Waals surface area (Å²) in [6.45, 7) is 4.60. The number of rotatable bonds is 3. The molecule has 1 saturated carbocycles. The Balaban J connectivity index is 1.53. The van der Waals surface area contributed by atoms with Crippen LogP contribution >= 0.6 is 0 Å². The summed E-state index contributed by atoms with van der Waals surface area (Å²) in [5.41, 5.74) is 2.23. The predicted octanol–water partition coefficient (Wildman–Crippen LogP) is 4.21. The lowest BCUT2D eigenvalue weighted by molar-refractivity contribution is -0.00143. The summed E-state index contributed by atoms with van der Waals surface area (Å²) in [4.78, 5) is 16.5. The van der Waals surface area contributed by atoms with E-state index in [0.717, 1.165) is 12.3 Å². The molecule has 21 heavy (non-hydrogen) atoms. The van der Waals surface area contributed by atoms with Gasteiger partial charge in [0.25, 0.3) is 0 Å². The molecular formula is C17H20N2O2. The number of anilines is 1. The molecule has 0 aromatic heterocycles. The average molecular weight is 284 g/mol. The third kappa shape index (κ3) is 2.71.